The summed E-state index contributed by atoms with van der Waals surface area (Å²) in [5.74, 6) is -1.55. The number of amides is 1. The number of carbonyl (C=O) groups excluding carboxylic acids is 1. The molecule has 0 N–H and O–H groups in total. The van der Waals surface area contributed by atoms with Gasteiger partial charge in [0.05, 0.1) is 16.6 Å². The second kappa shape index (κ2) is 5.94. The van der Waals surface area contributed by atoms with Gasteiger partial charge < -0.3 is 4.90 Å². The standard InChI is InChI=1S/C14H10ClF2NOS2/c15-11-5-4-10(21-11)14-18(12(19)7-20-14)6-8-2-1-3-9(16)13(8)17/h1-5,14H,6-7H2. The van der Waals surface area contributed by atoms with E-state index in [0.717, 1.165) is 10.9 Å². The molecule has 110 valence electrons. The molecule has 21 heavy (non-hydrogen) atoms. The van der Waals surface area contributed by atoms with Crippen molar-refractivity contribution in [2.24, 2.45) is 0 Å². The van der Waals surface area contributed by atoms with Crippen LogP contribution in [0.25, 0.3) is 0 Å². The summed E-state index contributed by atoms with van der Waals surface area (Å²) < 4.78 is 27.7. The number of hydrogen-bond acceptors (Lipinski definition) is 3. The van der Waals surface area contributed by atoms with Crippen LogP contribution in [0.5, 0.6) is 0 Å². The number of halogens is 3. The van der Waals surface area contributed by atoms with Gasteiger partial charge in [-0.1, -0.05) is 23.7 Å². The summed E-state index contributed by atoms with van der Waals surface area (Å²) in [6.45, 7) is 0.0512. The number of thiophene rings is 1. The third-order valence-electron chi connectivity index (χ3n) is 3.18. The van der Waals surface area contributed by atoms with Gasteiger partial charge in [-0.3, -0.25) is 4.79 Å². The van der Waals surface area contributed by atoms with Gasteiger partial charge >= 0.3 is 0 Å². The fourth-order valence-corrected chi connectivity index (χ4v) is 4.66. The van der Waals surface area contributed by atoms with Crippen molar-refractivity contribution >= 4 is 40.6 Å². The summed E-state index contributed by atoms with van der Waals surface area (Å²) >= 11 is 8.78. The van der Waals surface area contributed by atoms with Gasteiger partial charge in [0.2, 0.25) is 5.91 Å². The van der Waals surface area contributed by atoms with Gasteiger partial charge in [0.25, 0.3) is 0 Å². The minimum atomic E-state index is -0.900. The molecule has 0 aliphatic carbocycles. The molecule has 2 nitrogen and oxygen atoms in total. The van der Waals surface area contributed by atoms with Gasteiger partial charge in [-0.25, -0.2) is 8.78 Å². The van der Waals surface area contributed by atoms with Crippen LogP contribution in [0.3, 0.4) is 0 Å². The van der Waals surface area contributed by atoms with Crippen molar-refractivity contribution in [3.63, 3.8) is 0 Å². The number of hydrogen-bond donors (Lipinski definition) is 0. The van der Waals surface area contributed by atoms with Crippen LogP contribution in [0.2, 0.25) is 4.34 Å². The van der Waals surface area contributed by atoms with E-state index in [1.54, 1.807) is 11.0 Å². The Hall–Kier alpha value is -1.11. The highest BCUT2D eigenvalue weighted by Crippen LogP contribution is 2.43. The Morgan fingerprint density at radius 1 is 1.29 bits per heavy atom. The monoisotopic (exact) mass is 345 g/mol. The van der Waals surface area contributed by atoms with Crippen molar-refractivity contribution in [3.8, 4) is 0 Å². The van der Waals surface area contributed by atoms with Crippen LogP contribution in [-0.2, 0) is 11.3 Å². The zero-order chi connectivity index (χ0) is 15.0. The van der Waals surface area contributed by atoms with E-state index in [-0.39, 0.29) is 23.4 Å². The van der Waals surface area contributed by atoms with E-state index < -0.39 is 11.6 Å². The molecule has 0 radical (unpaired) electrons. The third-order valence-corrected chi connectivity index (χ3v) is 5.85. The van der Waals surface area contributed by atoms with Crippen LogP contribution in [0, 0.1) is 11.6 Å². The largest absolute Gasteiger partial charge is 0.321 e. The zero-order valence-corrected chi connectivity index (χ0v) is 13.1. The first kappa shape index (κ1) is 14.8. The fraction of sp³-hybridized carbons (Fsp3) is 0.214. The summed E-state index contributed by atoms with van der Waals surface area (Å²) in [7, 11) is 0. The summed E-state index contributed by atoms with van der Waals surface area (Å²) in [4.78, 5) is 14.5. The fourth-order valence-electron chi connectivity index (χ4n) is 2.18. The predicted octanol–water partition coefficient (Wildman–Crippen LogP) is 4.45. The first-order chi connectivity index (χ1) is 10.1. The van der Waals surface area contributed by atoms with Crippen LogP contribution < -0.4 is 0 Å². The highest BCUT2D eigenvalue weighted by Gasteiger charge is 2.34. The highest BCUT2D eigenvalue weighted by molar-refractivity contribution is 8.00. The molecular formula is C14H10ClF2NOS2. The summed E-state index contributed by atoms with van der Waals surface area (Å²) in [5.41, 5.74) is 0.179. The van der Waals surface area contributed by atoms with Crippen LogP contribution in [0.4, 0.5) is 8.78 Å². The number of nitrogens with zero attached hydrogens (tertiary/aromatic N) is 1. The van der Waals surface area contributed by atoms with E-state index in [1.807, 2.05) is 6.07 Å². The van der Waals surface area contributed by atoms with Crippen molar-refractivity contribution in [2.45, 2.75) is 11.9 Å². The van der Waals surface area contributed by atoms with Gasteiger partial charge in [-0.2, -0.15) is 0 Å². The Balaban J connectivity index is 1.88. The second-order valence-electron chi connectivity index (χ2n) is 4.54. The molecule has 1 aliphatic heterocycles. The average Bonchev–Trinajstić information content (AvgIpc) is 3.02. The van der Waals surface area contributed by atoms with E-state index in [4.69, 9.17) is 11.6 Å². The number of carbonyl (C=O) groups is 1. The Morgan fingerprint density at radius 2 is 2.10 bits per heavy atom. The summed E-state index contributed by atoms with van der Waals surface area (Å²) in [6.07, 6.45) is 0. The van der Waals surface area contributed by atoms with Crippen LogP contribution in [-0.4, -0.2) is 16.6 Å². The quantitative estimate of drug-likeness (QED) is 0.819. The van der Waals surface area contributed by atoms with E-state index in [9.17, 15) is 13.6 Å². The normalized spacial score (nSPS) is 18.5. The molecule has 1 aromatic heterocycles. The Bertz CT molecular complexity index is 691. The lowest BCUT2D eigenvalue weighted by Gasteiger charge is -2.23. The van der Waals surface area contributed by atoms with E-state index in [2.05, 4.69) is 0 Å². The molecule has 1 aliphatic rings. The van der Waals surface area contributed by atoms with Crippen LogP contribution in [0.1, 0.15) is 15.8 Å². The zero-order valence-electron chi connectivity index (χ0n) is 10.7. The molecule has 1 unspecified atom stereocenters. The maximum absolute atomic E-state index is 13.8. The molecule has 3 rings (SSSR count). The maximum Gasteiger partial charge on any atom is 0.234 e. The Labute approximate surface area is 133 Å². The highest BCUT2D eigenvalue weighted by atomic mass is 35.5. The number of benzene rings is 1. The molecular weight excluding hydrogens is 336 g/mol. The van der Waals surface area contributed by atoms with Gasteiger partial charge in [-0.15, -0.1) is 23.1 Å². The summed E-state index contributed by atoms with van der Waals surface area (Å²) in [5, 5.41) is -0.197. The maximum atomic E-state index is 13.8. The lowest BCUT2D eigenvalue weighted by Crippen LogP contribution is -2.27. The van der Waals surface area contributed by atoms with Crippen molar-refractivity contribution in [3.05, 3.63) is 56.7 Å². The topological polar surface area (TPSA) is 20.3 Å². The molecule has 2 heterocycles. The Morgan fingerprint density at radius 3 is 2.81 bits per heavy atom. The van der Waals surface area contributed by atoms with Crippen molar-refractivity contribution in [1.29, 1.82) is 0 Å². The molecule has 1 atom stereocenters. The van der Waals surface area contributed by atoms with Gasteiger partial charge in [0, 0.05) is 10.4 Å². The van der Waals surface area contributed by atoms with Crippen molar-refractivity contribution in [2.75, 3.05) is 5.75 Å². The smallest absolute Gasteiger partial charge is 0.234 e. The first-order valence-electron chi connectivity index (χ1n) is 6.15. The van der Waals surface area contributed by atoms with Gasteiger partial charge in [0.15, 0.2) is 11.6 Å². The number of rotatable bonds is 3. The SMILES string of the molecule is O=C1CSC(c2ccc(Cl)s2)N1Cc1cccc(F)c1F. The van der Waals surface area contributed by atoms with Crippen LogP contribution >= 0.6 is 34.7 Å². The first-order valence-corrected chi connectivity index (χ1v) is 8.40. The predicted molar refractivity (Wildman–Crippen MR) is 81.4 cm³/mol. The molecule has 1 aromatic carbocycles. The van der Waals surface area contributed by atoms with E-state index in [0.29, 0.717) is 10.1 Å². The molecule has 1 amide bonds. The molecule has 2 aromatic rings. The van der Waals surface area contributed by atoms with E-state index in [1.165, 1.54) is 35.2 Å². The molecule has 1 fully saturated rings. The molecule has 0 spiro atoms. The van der Waals surface area contributed by atoms with Gasteiger partial charge in [0.1, 0.15) is 5.37 Å². The molecule has 1 saturated heterocycles. The van der Waals surface area contributed by atoms with E-state index >= 15 is 0 Å². The average molecular weight is 346 g/mol. The summed E-state index contributed by atoms with van der Waals surface area (Å²) in [6, 6.07) is 7.63. The molecule has 0 saturated carbocycles. The second-order valence-corrected chi connectivity index (χ2v) is 7.36. The minimum Gasteiger partial charge on any atom is -0.321 e. The van der Waals surface area contributed by atoms with Crippen molar-refractivity contribution < 1.29 is 13.6 Å². The molecule has 7 heteroatoms. The minimum absolute atomic E-state index is 0.0512. The lowest BCUT2D eigenvalue weighted by atomic mass is 10.2. The lowest BCUT2D eigenvalue weighted by molar-refractivity contribution is -0.128. The Kier molecular flexibility index (Phi) is 4.19. The van der Waals surface area contributed by atoms with Gasteiger partial charge in [-0.05, 0) is 18.2 Å². The number of thioether (sulfide) groups is 1. The molecule has 0 bridgehead atoms. The van der Waals surface area contributed by atoms with Crippen LogP contribution in [0.15, 0.2) is 30.3 Å². The third kappa shape index (κ3) is 2.93. The van der Waals surface area contributed by atoms with Crippen molar-refractivity contribution in [1.82, 2.24) is 4.90 Å².